The van der Waals surface area contributed by atoms with Crippen LogP contribution in [0, 0.1) is 10.8 Å². The van der Waals surface area contributed by atoms with Crippen molar-refractivity contribution in [1.29, 1.82) is 0 Å². The Kier molecular flexibility index (Phi) is 4.10. The standard InChI is InChI=1S/C16H22O2/c1-12(18)14-9-7-6-8-13(14)10-15(2,3)16(4,5)11-17/h6-9,11H,10H2,1-5H3. The van der Waals surface area contributed by atoms with Crippen LogP contribution in [0.1, 0.15) is 50.5 Å². The maximum absolute atomic E-state index is 11.6. The van der Waals surface area contributed by atoms with E-state index in [1.807, 2.05) is 38.1 Å². The molecule has 0 spiro atoms. The number of ketones is 1. The molecule has 98 valence electrons. The van der Waals surface area contributed by atoms with Crippen LogP contribution in [0.4, 0.5) is 0 Å². The molecule has 1 aromatic rings. The van der Waals surface area contributed by atoms with E-state index in [-0.39, 0.29) is 11.2 Å². The molecule has 2 heteroatoms. The third-order valence-electron chi connectivity index (χ3n) is 4.07. The number of carbonyl (C=O) groups is 2. The normalized spacial score (nSPS) is 12.3. The zero-order valence-electron chi connectivity index (χ0n) is 11.9. The van der Waals surface area contributed by atoms with E-state index in [1.54, 1.807) is 6.92 Å². The molecule has 1 aromatic carbocycles. The maximum atomic E-state index is 11.6. The second kappa shape index (κ2) is 5.05. The summed E-state index contributed by atoms with van der Waals surface area (Å²) in [5.41, 5.74) is 1.16. The summed E-state index contributed by atoms with van der Waals surface area (Å²) < 4.78 is 0. The molecule has 0 atom stereocenters. The second-order valence-electron chi connectivity index (χ2n) is 6.11. The molecule has 0 aliphatic heterocycles. The lowest BCUT2D eigenvalue weighted by atomic mass is 9.65. The third-order valence-corrected chi connectivity index (χ3v) is 4.07. The van der Waals surface area contributed by atoms with E-state index in [0.717, 1.165) is 17.4 Å². The summed E-state index contributed by atoms with van der Waals surface area (Å²) in [6.45, 7) is 9.60. The van der Waals surface area contributed by atoms with Crippen LogP contribution in [-0.2, 0) is 11.2 Å². The van der Waals surface area contributed by atoms with Gasteiger partial charge in [-0.2, -0.15) is 0 Å². The van der Waals surface area contributed by atoms with Gasteiger partial charge in [-0.1, -0.05) is 52.0 Å². The van der Waals surface area contributed by atoms with Gasteiger partial charge in [0.1, 0.15) is 6.29 Å². The fourth-order valence-corrected chi connectivity index (χ4v) is 1.88. The molecular weight excluding hydrogens is 224 g/mol. The molecule has 0 radical (unpaired) electrons. The van der Waals surface area contributed by atoms with Crippen molar-refractivity contribution in [3.05, 3.63) is 35.4 Å². The van der Waals surface area contributed by atoms with Crippen molar-refractivity contribution in [2.45, 2.75) is 41.0 Å². The Morgan fingerprint density at radius 3 is 2.22 bits per heavy atom. The monoisotopic (exact) mass is 246 g/mol. The Morgan fingerprint density at radius 1 is 1.17 bits per heavy atom. The predicted octanol–water partition coefficient (Wildman–Crippen LogP) is 3.68. The number of Topliss-reactive ketones (excluding diaryl/α,β-unsaturated/α-hetero) is 1. The average molecular weight is 246 g/mol. The first-order valence-electron chi connectivity index (χ1n) is 6.26. The highest BCUT2D eigenvalue weighted by Gasteiger charge is 2.37. The minimum absolute atomic E-state index is 0.0744. The van der Waals surface area contributed by atoms with E-state index in [9.17, 15) is 9.59 Å². The van der Waals surface area contributed by atoms with Crippen molar-refractivity contribution >= 4 is 12.1 Å². The molecular formula is C16H22O2. The van der Waals surface area contributed by atoms with E-state index < -0.39 is 5.41 Å². The molecule has 0 saturated carbocycles. The van der Waals surface area contributed by atoms with Gasteiger partial charge < -0.3 is 4.79 Å². The van der Waals surface area contributed by atoms with Crippen molar-refractivity contribution in [1.82, 2.24) is 0 Å². The van der Waals surface area contributed by atoms with E-state index in [4.69, 9.17) is 0 Å². The van der Waals surface area contributed by atoms with E-state index >= 15 is 0 Å². The zero-order chi connectivity index (χ0) is 14.0. The largest absolute Gasteiger partial charge is 0.303 e. The van der Waals surface area contributed by atoms with Gasteiger partial charge in [-0.25, -0.2) is 0 Å². The molecule has 0 unspecified atom stereocenters. The molecule has 0 amide bonds. The molecule has 0 bridgehead atoms. The fraction of sp³-hybridized carbons (Fsp3) is 0.500. The van der Waals surface area contributed by atoms with Crippen molar-refractivity contribution < 1.29 is 9.59 Å². The summed E-state index contributed by atoms with van der Waals surface area (Å²) >= 11 is 0. The van der Waals surface area contributed by atoms with Crippen LogP contribution in [0.25, 0.3) is 0 Å². The third kappa shape index (κ3) is 2.87. The molecule has 0 aromatic heterocycles. The lowest BCUT2D eigenvalue weighted by molar-refractivity contribution is -0.120. The molecule has 18 heavy (non-hydrogen) atoms. The molecule has 0 saturated heterocycles. The number of benzene rings is 1. The number of rotatable bonds is 5. The molecule has 1 rings (SSSR count). The van der Waals surface area contributed by atoms with Crippen LogP contribution < -0.4 is 0 Å². The molecule has 0 aliphatic rings. The van der Waals surface area contributed by atoms with Gasteiger partial charge in [-0.3, -0.25) is 4.79 Å². The molecule has 0 fully saturated rings. The summed E-state index contributed by atoms with van der Waals surface area (Å²) in [6, 6.07) is 7.63. The van der Waals surface area contributed by atoms with E-state index in [0.29, 0.717) is 6.42 Å². The van der Waals surface area contributed by atoms with Crippen molar-refractivity contribution in [2.24, 2.45) is 10.8 Å². The first kappa shape index (κ1) is 14.6. The van der Waals surface area contributed by atoms with Crippen molar-refractivity contribution in [3.8, 4) is 0 Å². The topological polar surface area (TPSA) is 34.1 Å². The number of hydrogen-bond donors (Lipinski definition) is 0. The highest BCUT2D eigenvalue weighted by Crippen LogP contribution is 2.40. The Hall–Kier alpha value is -1.44. The van der Waals surface area contributed by atoms with Crippen LogP contribution in [0.3, 0.4) is 0 Å². The lowest BCUT2D eigenvalue weighted by Crippen LogP contribution is -2.36. The SMILES string of the molecule is CC(=O)c1ccccc1CC(C)(C)C(C)(C)C=O. The minimum Gasteiger partial charge on any atom is -0.303 e. The lowest BCUT2D eigenvalue weighted by Gasteiger charge is -2.38. The van der Waals surface area contributed by atoms with E-state index in [2.05, 4.69) is 13.8 Å². The Labute approximate surface area is 109 Å². The number of aldehydes is 1. The highest BCUT2D eigenvalue weighted by atomic mass is 16.1. The molecule has 0 heterocycles. The van der Waals surface area contributed by atoms with Crippen LogP contribution >= 0.6 is 0 Å². The quantitative estimate of drug-likeness (QED) is 0.586. The minimum atomic E-state index is -0.420. The molecule has 0 N–H and O–H groups in total. The van der Waals surface area contributed by atoms with Crippen LogP contribution in [0.15, 0.2) is 24.3 Å². The van der Waals surface area contributed by atoms with Gasteiger partial charge in [-0.05, 0) is 24.3 Å². The Morgan fingerprint density at radius 2 is 1.72 bits per heavy atom. The van der Waals surface area contributed by atoms with Gasteiger partial charge in [0.25, 0.3) is 0 Å². The first-order valence-corrected chi connectivity index (χ1v) is 6.26. The summed E-state index contributed by atoms with van der Waals surface area (Å²) in [5.74, 6) is 0.0744. The maximum Gasteiger partial charge on any atom is 0.160 e. The molecule has 2 nitrogen and oxygen atoms in total. The first-order chi connectivity index (χ1) is 8.21. The van der Waals surface area contributed by atoms with Gasteiger partial charge in [0.05, 0.1) is 0 Å². The summed E-state index contributed by atoms with van der Waals surface area (Å²) in [5, 5.41) is 0. The van der Waals surface area contributed by atoms with Gasteiger partial charge in [0.15, 0.2) is 5.78 Å². The van der Waals surface area contributed by atoms with Crippen LogP contribution in [-0.4, -0.2) is 12.1 Å². The summed E-state index contributed by atoms with van der Waals surface area (Å²) in [4.78, 5) is 22.8. The van der Waals surface area contributed by atoms with Crippen molar-refractivity contribution in [3.63, 3.8) is 0 Å². The Balaban J connectivity index is 3.12. The fourth-order valence-electron chi connectivity index (χ4n) is 1.88. The Bertz CT molecular complexity index is 456. The average Bonchev–Trinajstić information content (AvgIpc) is 2.28. The van der Waals surface area contributed by atoms with Gasteiger partial charge in [0, 0.05) is 11.0 Å². The van der Waals surface area contributed by atoms with Gasteiger partial charge in [-0.15, -0.1) is 0 Å². The van der Waals surface area contributed by atoms with Crippen molar-refractivity contribution in [2.75, 3.05) is 0 Å². The smallest absolute Gasteiger partial charge is 0.160 e. The number of hydrogen-bond acceptors (Lipinski definition) is 2. The summed E-state index contributed by atoms with van der Waals surface area (Å²) in [7, 11) is 0. The summed E-state index contributed by atoms with van der Waals surface area (Å²) in [6.07, 6.45) is 1.72. The molecule has 0 aliphatic carbocycles. The van der Waals surface area contributed by atoms with Crippen LogP contribution in [0.5, 0.6) is 0 Å². The van der Waals surface area contributed by atoms with Gasteiger partial charge >= 0.3 is 0 Å². The number of carbonyl (C=O) groups excluding carboxylic acids is 2. The highest BCUT2D eigenvalue weighted by molar-refractivity contribution is 5.95. The zero-order valence-corrected chi connectivity index (χ0v) is 11.9. The van der Waals surface area contributed by atoms with Crippen LogP contribution in [0.2, 0.25) is 0 Å². The van der Waals surface area contributed by atoms with Gasteiger partial charge in [0.2, 0.25) is 0 Å². The second-order valence-corrected chi connectivity index (χ2v) is 6.11. The van der Waals surface area contributed by atoms with E-state index in [1.165, 1.54) is 0 Å². The predicted molar refractivity (Wildman–Crippen MR) is 73.8 cm³/mol.